The molecule has 0 spiro atoms. The second-order valence-corrected chi connectivity index (χ2v) is 9.33. The van der Waals surface area contributed by atoms with E-state index in [4.69, 9.17) is 4.74 Å². The quantitative estimate of drug-likeness (QED) is 0.504. The summed E-state index contributed by atoms with van der Waals surface area (Å²) in [5.74, 6) is 0.996. The molecule has 1 saturated carbocycles. The molecule has 168 valence electrons. The van der Waals surface area contributed by atoms with Crippen molar-refractivity contribution in [2.24, 2.45) is 0 Å². The van der Waals surface area contributed by atoms with Crippen LogP contribution in [-0.2, 0) is 21.2 Å². The van der Waals surface area contributed by atoms with E-state index >= 15 is 0 Å². The van der Waals surface area contributed by atoms with Crippen molar-refractivity contribution in [1.82, 2.24) is 24.9 Å². The predicted octanol–water partition coefficient (Wildman–Crippen LogP) is 1.99. The summed E-state index contributed by atoms with van der Waals surface area (Å²) in [6.45, 7) is 1.77. The molecule has 1 amide bonds. The van der Waals surface area contributed by atoms with Crippen LogP contribution in [0.3, 0.4) is 0 Å². The Labute approximate surface area is 186 Å². The van der Waals surface area contributed by atoms with Gasteiger partial charge in [-0.1, -0.05) is 12.1 Å². The lowest BCUT2D eigenvalue weighted by Gasteiger charge is -2.12. The smallest absolute Gasteiger partial charge is 0.240 e. The third kappa shape index (κ3) is 5.11. The number of sulfonamides is 1. The number of tetrazole rings is 1. The number of amides is 1. The minimum absolute atomic E-state index is 0.0616. The molecule has 0 bridgehead atoms. The number of hydrogen-bond acceptors (Lipinski definition) is 7. The van der Waals surface area contributed by atoms with Crippen LogP contribution in [-0.4, -0.2) is 47.7 Å². The van der Waals surface area contributed by atoms with Gasteiger partial charge in [0.1, 0.15) is 11.4 Å². The van der Waals surface area contributed by atoms with E-state index in [1.54, 1.807) is 56.5 Å². The second-order valence-electron chi connectivity index (χ2n) is 7.61. The zero-order chi connectivity index (χ0) is 22.7. The van der Waals surface area contributed by atoms with Crippen molar-refractivity contribution < 1.29 is 17.9 Å². The van der Waals surface area contributed by atoms with Crippen LogP contribution in [0.5, 0.6) is 5.75 Å². The normalized spacial score (nSPS) is 13.7. The third-order valence-electron chi connectivity index (χ3n) is 5.09. The molecule has 2 aromatic carbocycles. The van der Waals surface area contributed by atoms with Gasteiger partial charge in [-0.05, 0) is 72.5 Å². The summed E-state index contributed by atoms with van der Waals surface area (Å²) in [5, 5.41) is 14.3. The topological polar surface area (TPSA) is 128 Å². The fraction of sp³-hybridized carbons (Fsp3) is 0.333. The van der Waals surface area contributed by atoms with Gasteiger partial charge in [0, 0.05) is 18.2 Å². The van der Waals surface area contributed by atoms with Gasteiger partial charge in [0.15, 0.2) is 5.82 Å². The van der Waals surface area contributed by atoms with E-state index in [0.29, 0.717) is 29.4 Å². The van der Waals surface area contributed by atoms with Crippen molar-refractivity contribution in [3.05, 3.63) is 53.9 Å². The fourth-order valence-corrected chi connectivity index (χ4v) is 4.50. The van der Waals surface area contributed by atoms with Crippen molar-refractivity contribution in [2.75, 3.05) is 12.4 Å². The Morgan fingerprint density at radius 2 is 1.94 bits per heavy atom. The highest BCUT2D eigenvalue weighted by Crippen LogP contribution is 2.26. The SMILES string of the molecule is COc1ccc(NC(=O)CCc2ccc(S(=O)(=O)NC3CC3)cc2)cc1-n1nnnc1C. The van der Waals surface area contributed by atoms with E-state index in [9.17, 15) is 13.2 Å². The molecule has 32 heavy (non-hydrogen) atoms. The van der Waals surface area contributed by atoms with Gasteiger partial charge in [0.25, 0.3) is 0 Å². The number of hydrogen-bond donors (Lipinski definition) is 2. The Morgan fingerprint density at radius 1 is 1.19 bits per heavy atom. The van der Waals surface area contributed by atoms with E-state index in [-0.39, 0.29) is 23.3 Å². The minimum Gasteiger partial charge on any atom is -0.494 e. The number of nitrogens with one attached hydrogen (secondary N) is 2. The van der Waals surface area contributed by atoms with E-state index in [0.717, 1.165) is 18.4 Å². The first-order chi connectivity index (χ1) is 15.4. The summed E-state index contributed by atoms with van der Waals surface area (Å²) in [5.41, 5.74) is 2.09. The third-order valence-corrected chi connectivity index (χ3v) is 6.63. The van der Waals surface area contributed by atoms with Gasteiger partial charge in [0.05, 0.1) is 12.0 Å². The van der Waals surface area contributed by atoms with Crippen molar-refractivity contribution in [3.63, 3.8) is 0 Å². The molecule has 2 N–H and O–H groups in total. The van der Waals surface area contributed by atoms with Crippen LogP contribution in [0.25, 0.3) is 5.69 Å². The summed E-state index contributed by atoms with van der Waals surface area (Å²) in [7, 11) is -1.92. The number of carbonyl (C=O) groups excluding carboxylic acids is 1. The molecule has 0 aliphatic heterocycles. The summed E-state index contributed by atoms with van der Waals surface area (Å²) < 4.78 is 34.0. The first kappa shape index (κ1) is 21.9. The van der Waals surface area contributed by atoms with Gasteiger partial charge in [-0.15, -0.1) is 5.10 Å². The van der Waals surface area contributed by atoms with Crippen LogP contribution in [0.15, 0.2) is 47.4 Å². The highest BCUT2D eigenvalue weighted by Gasteiger charge is 2.27. The molecule has 10 nitrogen and oxygen atoms in total. The molecule has 0 unspecified atom stereocenters. The zero-order valence-electron chi connectivity index (χ0n) is 17.8. The lowest BCUT2D eigenvalue weighted by Crippen LogP contribution is -2.25. The van der Waals surface area contributed by atoms with Crippen LogP contribution in [0.1, 0.15) is 30.7 Å². The number of aryl methyl sites for hydroxylation is 2. The Hall–Kier alpha value is -3.31. The number of aromatic nitrogens is 4. The molecule has 1 heterocycles. The average molecular weight is 457 g/mol. The first-order valence-corrected chi connectivity index (χ1v) is 11.7. The highest BCUT2D eigenvalue weighted by molar-refractivity contribution is 7.89. The molecule has 4 rings (SSSR count). The second kappa shape index (κ2) is 9.05. The minimum atomic E-state index is -3.47. The van der Waals surface area contributed by atoms with Gasteiger partial charge >= 0.3 is 0 Å². The number of anilines is 1. The number of benzene rings is 2. The van der Waals surface area contributed by atoms with E-state index in [1.165, 1.54) is 4.68 Å². The summed E-state index contributed by atoms with van der Waals surface area (Å²) >= 11 is 0. The van der Waals surface area contributed by atoms with Crippen LogP contribution >= 0.6 is 0 Å². The zero-order valence-corrected chi connectivity index (χ0v) is 18.6. The Balaban J connectivity index is 1.37. The molecule has 0 saturated heterocycles. The number of carbonyl (C=O) groups is 1. The van der Waals surface area contributed by atoms with E-state index < -0.39 is 10.0 Å². The molecule has 1 aliphatic rings. The van der Waals surface area contributed by atoms with E-state index in [2.05, 4.69) is 25.6 Å². The van der Waals surface area contributed by atoms with Gasteiger partial charge in [-0.2, -0.15) is 4.68 Å². The van der Waals surface area contributed by atoms with Crippen molar-refractivity contribution in [1.29, 1.82) is 0 Å². The summed E-state index contributed by atoms with van der Waals surface area (Å²) in [4.78, 5) is 12.7. The van der Waals surface area contributed by atoms with Crippen molar-refractivity contribution >= 4 is 21.6 Å². The number of ether oxygens (including phenoxy) is 1. The Bertz CT molecular complexity index is 1220. The van der Waals surface area contributed by atoms with Crippen LogP contribution in [0, 0.1) is 6.92 Å². The molecule has 11 heteroatoms. The lowest BCUT2D eigenvalue weighted by atomic mass is 10.1. The average Bonchev–Trinajstić information content (AvgIpc) is 3.48. The predicted molar refractivity (Wildman–Crippen MR) is 117 cm³/mol. The first-order valence-electron chi connectivity index (χ1n) is 10.2. The highest BCUT2D eigenvalue weighted by atomic mass is 32.2. The van der Waals surface area contributed by atoms with Gasteiger partial charge in [-0.25, -0.2) is 13.1 Å². The van der Waals surface area contributed by atoms with Crippen LogP contribution in [0.2, 0.25) is 0 Å². The van der Waals surface area contributed by atoms with Gasteiger partial charge < -0.3 is 10.1 Å². The Morgan fingerprint density at radius 3 is 2.56 bits per heavy atom. The van der Waals surface area contributed by atoms with Crippen LogP contribution in [0.4, 0.5) is 5.69 Å². The summed E-state index contributed by atoms with van der Waals surface area (Å²) in [6.07, 6.45) is 2.50. The van der Waals surface area contributed by atoms with Gasteiger partial charge in [-0.3, -0.25) is 4.79 Å². The summed E-state index contributed by atoms with van der Waals surface area (Å²) in [6, 6.07) is 11.9. The maximum absolute atomic E-state index is 12.5. The molecule has 0 atom stereocenters. The molecule has 1 aromatic heterocycles. The molecule has 1 aliphatic carbocycles. The molecular formula is C21H24N6O4S. The molecule has 1 fully saturated rings. The monoisotopic (exact) mass is 456 g/mol. The number of rotatable bonds is 9. The largest absolute Gasteiger partial charge is 0.494 e. The van der Waals surface area contributed by atoms with Gasteiger partial charge in [0.2, 0.25) is 15.9 Å². The number of nitrogens with zero attached hydrogens (tertiary/aromatic N) is 4. The maximum Gasteiger partial charge on any atom is 0.240 e. The standard InChI is InChI=1S/C21H24N6O4S/c1-14-23-25-26-27(14)19-13-17(8-11-20(19)31-2)22-21(28)12-5-15-3-9-18(10-4-15)32(29,30)24-16-6-7-16/h3-4,8-11,13,16,24H,5-7,12H2,1-2H3,(H,22,28). The molecule has 3 aromatic rings. The number of methoxy groups -OCH3 is 1. The van der Waals surface area contributed by atoms with Crippen molar-refractivity contribution in [2.45, 2.75) is 43.5 Å². The molecule has 0 radical (unpaired) electrons. The van der Waals surface area contributed by atoms with E-state index in [1.807, 2.05) is 0 Å². The van der Waals surface area contributed by atoms with Crippen LogP contribution < -0.4 is 14.8 Å². The van der Waals surface area contributed by atoms with Crippen molar-refractivity contribution in [3.8, 4) is 11.4 Å². The fourth-order valence-electron chi connectivity index (χ4n) is 3.19. The maximum atomic E-state index is 12.5. The molecular weight excluding hydrogens is 432 g/mol. The lowest BCUT2D eigenvalue weighted by molar-refractivity contribution is -0.116. The Kier molecular flexibility index (Phi) is 6.19.